The molecular formula is C5H8BrN. The van der Waals surface area contributed by atoms with Gasteiger partial charge in [0.1, 0.15) is 4.83 Å². The van der Waals surface area contributed by atoms with Crippen LogP contribution in [0, 0.1) is 17.2 Å². The third kappa shape index (κ3) is 2.64. The number of rotatable bonds is 1. The molecule has 40 valence electrons. The van der Waals surface area contributed by atoms with E-state index in [0.29, 0.717) is 5.92 Å². The van der Waals surface area contributed by atoms with Crippen molar-refractivity contribution in [2.24, 2.45) is 5.92 Å². The zero-order valence-electron chi connectivity index (χ0n) is 4.48. The lowest BCUT2D eigenvalue weighted by molar-refractivity contribution is 0.693. The summed E-state index contributed by atoms with van der Waals surface area (Å²) in [6, 6.07) is 2.08. The summed E-state index contributed by atoms with van der Waals surface area (Å²) in [5, 5.41) is 8.21. The normalized spacial score (nSPS) is 13.6. The Kier molecular flexibility index (Phi) is 3.02. The molecule has 0 aliphatic heterocycles. The van der Waals surface area contributed by atoms with Gasteiger partial charge in [0.2, 0.25) is 0 Å². The Hall–Kier alpha value is -0.0300. The van der Waals surface area contributed by atoms with Crippen molar-refractivity contribution < 1.29 is 0 Å². The van der Waals surface area contributed by atoms with Crippen LogP contribution in [0.15, 0.2) is 0 Å². The van der Waals surface area contributed by atoms with Gasteiger partial charge in [-0.2, -0.15) is 5.26 Å². The van der Waals surface area contributed by atoms with Gasteiger partial charge >= 0.3 is 0 Å². The molecule has 1 nitrogen and oxygen atoms in total. The fourth-order valence-electron chi connectivity index (χ4n) is 0.149. The Morgan fingerprint density at radius 3 is 2.00 bits per heavy atom. The summed E-state index contributed by atoms with van der Waals surface area (Å²) in [6.07, 6.45) is 0. The first-order valence-electron chi connectivity index (χ1n) is 2.22. The lowest BCUT2D eigenvalue weighted by atomic mass is 10.2. The van der Waals surface area contributed by atoms with Gasteiger partial charge in [-0.1, -0.05) is 29.8 Å². The second-order valence-electron chi connectivity index (χ2n) is 1.77. The summed E-state index contributed by atoms with van der Waals surface area (Å²) in [5.74, 6) is 0.421. The van der Waals surface area contributed by atoms with Gasteiger partial charge in [-0.15, -0.1) is 0 Å². The molecule has 0 aromatic heterocycles. The van der Waals surface area contributed by atoms with Crippen LogP contribution in [0.25, 0.3) is 0 Å². The largest absolute Gasteiger partial charge is 0.197 e. The van der Waals surface area contributed by atoms with E-state index in [9.17, 15) is 0 Å². The highest BCUT2D eigenvalue weighted by molar-refractivity contribution is 9.09. The summed E-state index contributed by atoms with van der Waals surface area (Å²) in [5.41, 5.74) is 0. The van der Waals surface area contributed by atoms with Gasteiger partial charge in [0, 0.05) is 0 Å². The second-order valence-corrected chi connectivity index (χ2v) is 2.76. The average molecular weight is 162 g/mol. The molecule has 7 heavy (non-hydrogen) atoms. The zero-order valence-corrected chi connectivity index (χ0v) is 6.07. The maximum Gasteiger partial charge on any atom is 0.104 e. The number of alkyl halides is 1. The third-order valence-corrected chi connectivity index (χ3v) is 1.97. The van der Waals surface area contributed by atoms with Crippen LogP contribution >= 0.6 is 15.9 Å². The molecule has 0 aromatic rings. The highest BCUT2D eigenvalue weighted by Gasteiger charge is 2.04. The number of hydrogen-bond donors (Lipinski definition) is 0. The molecule has 0 aliphatic rings. The highest BCUT2D eigenvalue weighted by Crippen LogP contribution is 2.08. The minimum absolute atomic E-state index is 0.0208. The van der Waals surface area contributed by atoms with Crippen molar-refractivity contribution in [3.05, 3.63) is 0 Å². The van der Waals surface area contributed by atoms with Crippen LogP contribution in [-0.4, -0.2) is 4.83 Å². The molecule has 0 saturated carbocycles. The van der Waals surface area contributed by atoms with Crippen LogP contribution in [0.1, 0.15) is 13.8 Å². The average Bonchev–Trinajstić information content (AvgIpc) is 1.65. The van der Waals surface area contributed by atoms with E-state index in [1.165, 1.54) is 0 Å². The summed E-state index contributed by atoms with van der Waals surface area (Å²) in [7, 11) is 0. The minimum Gasteiger partial charge on any atom is -0.197 e. The van der Waals surface area contributed by atoms with E-state index < -0.39 is 0 Å². The Morgan fingerprint density at radius 1 is 1.57 bits per heavy atom. The molecule has 0 rings (SSSR count). The van der Waals surface area contributed by atoms with E-state index in [1.807, 2.05) is 13.8 Å². The van der Waals surface area contributed by atoms with Crippen LogP contribution in [0.2, 0.25) is 0 Å². The molecule has 0 heterocycles. The summed E-state index contributed by atoms with van der Waals surface area (Å²) in [4.78, 5) is 0.0208. The fraction of sp³-hybridized carbons (Fsp3) is 0.800. The number of halogens is 1. The molecule has 2 heteroatoms. The van der Waals surface area contributed by atoms with Gasteiger partial charge in [-0.25, -0.2) is 0 Å². The standard InChI is InChI=1S/C5H8BrN/c1-4(2)5(6)3-7/h4-5H,1-2H3/t5-/m1/s1. The van der Waals surface area contributed by atoms with E-state index in [1.54, 1.807) is 0 Å². The maximum absolute atomic E-state index is 8.21. The Balaban J connectivity index is 3.40. The van der Waals surface area contributed by atoms with Crippen molar-refractivity contribution in [3.63, 3.8) is 0 Å². The smallest absolute Gasteiger partial charge is 0.104 e. The number of nitriles is 1. The molecule has 0 fully saturated rings. The number of nitrogens with zero attached hydrogens (tertiary/aromatic N) is 1. The molecule has 0 aliphatic carbocycles. The van der Waals surface area contributed by atoms with Crippen LogP contribution in [0.4, 0.5) is 0 Å². The first kappa shape index (κ1) is 6.97. The monoisotopic (exact) mass is 161 g/mol. The lowest BCUT2D eigenvalue weighted by Gasteiger charge is -2.00. The molecule has 0 amide bonds. The Bertz CT molecular complexity index is 82.6. The SMILES string of the molecule is CC(C)[C@H](Br)C#N. The van der Waals surface area contributed by atoms with Crippen molar-refractivity contribution in [3.8, 4) is 6.07 Å². The third-order valence-electron chi connectivity index (χ3n) is 0.709. The Morgan fingerprint density at radius 2 is 2.00 bits per heavy atom. The van der Waals surface area contributed by atoms with Crippen molar-refractivity contribution in [1.82, 2.24) is 0 Å². The molecule has 0 aromatic carbocycles. The topological polar surface area (TPSA) is 23.8 Å². The van der Waals surface area contributed by atoms with Gasteiger partial charge in [-0.05, 0) is 5.92 Å². The molecule has 0 N–H and O–H groups in total. The van der Waals surface area contributed by atoms with Crippen molar-refractivity contribution in [2.75, 3.05) is 0 Å². The summed E-state index contributed by atoms with van der Waals surface area (Å²) in [6.45, 7) is 4.01. The number of hydrogen-bond acceptors (Lipinski definition) is 1. The molecule has 1 atom stereocenters. The van der Waals surface area contributed by atoms with Gasteiger partial charge in [0.25, 0.3) is 0 Å². The molecule has 0 unspecified atom stereocenters. The quantitative estimate of drug-likeness (QED) is 0.540. The van der Waals surface area contributed by atoms with Crippen molar-refractivity contribution in [2.45, 2.75) is 18.7 Å². The molecular weight excluding hydrogens is 154 g/mol. The van der Waals surface area contributed by atoms with Gasteiger partial charge in [0.15, 0.2) is 0 Å². The van der Waals surface area contributed by atoms with E-state index in [0.717, 1.165) is 0 Å². The second kappa shape index (κ2) is 3.04. The molecule has 0 bridgehead atoms. The first-order chi connectivity index (χ1) is 3.18. The molecule has 0 radical (unpaired) electrons. The van der Waals surface area contributed by atoms with Crippen molar-refractivity contribution in [1.29, 1.82) is 5.26 Å². The van der Waals surface area contributed by atoms with Crippen LogP contribution < -0.4 is 0 Å². The zero-order chi connectivity index (χ0) is 5.86. The fourth-order valence-corrected chi connectivity index (χ4v) is 0.149. The van der Waals surface area contributed by atoms with Crippen LogP contribution in [0.5, 0.6) is 0 Å². The van der Waals surface area contributed by atoms with E-state index in [-0.39, 0.29) is 4.83 Å². The highest BCUT2D eigenvalue weighted by atomic mass is 79.9. The first-order valence-corrected chi connectivity index (χ1v) is 3.13. The molecule has 0 saturated heterocycles. The van der Waals surface area contributed by atoms with E-state index in [2.05, 4.69) is 22.0 Å². The Labute approximate surface area is 52.5 Å². The van der Waals surface area contributed by atoms with Gasteiger partial charge < -0.3 is 0 Å². The summed E-state index contributed by atoms with van der Waals surface area (Å²) >= 11 is 3.18. The minimum atomic E-state index is 0.0208. The van der Waals surface area contributed by atoms with E-state index in [4.69, 9.17) is 5.26 Å². The molecule has 0 spiro atoms. The van der Waals surface area contributed by atoms with Crippen LogP contribution in [-0.2, 0) is 0 Å². The van der Waals surface area contributed by atoms with Gasteiger partial charge in [-0.3, -0.25) is 0 Å². The van der Waals surface area contributed by atoms with Crippen LogP contribution in [0.3, 0.4) is 0 Å². The maximum atomic E-state index is 8.21. The van der Waals surface area contributed by atoms with E-state index >= 15 is 0 Å². The lowest BCUT2D eigenvalue weighted by Crippen LogP contribution is -2.01. The van der Waals surface area contributed by atoms with Crippen molar-refractivity contribution >= 4 is 15.9 Å². The predicted octanol–water partition coefficient (Wildman–Crippen LogP) is 1.93. The predicted molar refractivity (Wildman–Crippen MR) is 33.2 cm³/mol. The summed E-state index contributed by atoms with van der Waals surface area (Å²) < 4.78 is 0. The van der Waals surface area contributed by atoms with Gasteiger partial charge in [0.05, 0.1) is 6.07 Å².